The lowest BCUT2D eigenvalue weighted by atomic mass is 10.1. The molecule has 1 heterocycles. The molecule has 0 unspecified atom stereocenters. The van der Waals surface area contributed by atoms with E-state index in [0.29, 0.717) is 30.1 Å². The number of benzene rings is 2. The number of nitrogens with two attached hydrogens (primary N) is 1. The Labute approximate surface area is 159 Å². The van der Waals surface area contributed by atoms with Crippen molar-refractivity contribution in [3.8, 4) is 0 Å². The van der Waals surface area contributed by atoms with Gasteiger partial charge in [0, 0.05) is 24.7 Å². The maximum Gasteiger partial charge on any atom is 0.260 e. The van der Waals surface area contributed by atoms with E-state index in [0.717, 1.165) is 36.4 Å². The van der Waals surface area contributed by atoms with Crippen molar-refractivity contribution in [2.45, 2.75) is 19.3 Å². The fourth-order valence-corrected chi connectivity index (χ4v) is 3.49. The molecule has 0 saturated heterocycles. The summed E-state index contributed by atoms with van der Waals surface area (Å²) >= 11 is 6.25. The molecule has 138 valence electrons. The fourth-order valence-electron chi connectivity index (χ4n) is 3.32. The summed E-state index contributed by atoms with van der Waals surface area (Å²) in [7, 11) is 0. The van der Waals surface area contributed by atoms with E-state index >= 15 is 0 Å². The number of rotatable bonds is 7. The molecule has 1 aliphatic rings. The topological polar surface area (TPSA) is 69.8 Å². The molecule has 2 aromatic carbocycles. The number of fused-ring (bicyclic) bond motifs is 2. The van der Waals surface area contributed by atoms with Crippen molar-refractivity contribution < 1.29 is 9.90 Å². The number of anilines is 3. The maximum absolute atomic E-state index is 13.2. The van der Waals surface area contributed by atoms with Gasteiger partial charge in [-0.1, -0.05) is 23.7 Å². The third-order valence-corrected chi connectivity index (χ3v) is 4.80. The predicted molar refractivity (Wildman–Crippen MR) is 107 cm³/mol. The van der Waals surface area contributed by atoms with E-state index in [4.69, 9.17) is 17.3 Å². The molecule has 0 aliphatic carbocycles. The molecule has 2 aromatic rings. The first-order chi connectivity index (χ1) is 12.7. The second-order valence-corrected chi connectivity index (χ2v) is 6.77. The van der Waals surface area contributed by atoms with Gasteiger partial charge in [-0.3, -0.25) is 4.79 Å². The molecule has 0 saturated carbocycles. The van der Waals surface area contributed by atoms with Crippen LogP contribution in [0.15, 0.2) is 42.5 Å². The Morgan fingerprint density at radius 2 is 1.62 bits per heavy atom. The molecule has 5 nitrogen and oxygen atoms in total. The van der Waals surface area contributed by atoms with Crippen molar-refractivity contribution in [3.05, 3.63) is 53.1 Å². The minimum absolute atomic E-state index is 0.0413. The van der Waals surface area contributed by atoms with Crippen LogP contribution < -0.4 is 15.5 Å². The van der Waals surface area contributed by atoms with Gasteiger partial charge in [0.15, 0.2) is 0 Å². The van der Waals surface area contributed by atoms with Gasteiger partial charge >= 0.3 is 0 Å². The lowest BCUT2D eigenvalue weighted by Gasteiger charge is -2.27. The standard InChI is InChI=1S/C20H24ClN3O2/c21-15-8-9-16-19(14-15)23(11-4-3-10-22)17-6-1-2-7-18(17)24(20(16)26)12-5-13-25/h1-2,6-9,14,25H,3-5,10-13,22H2. The van der Waals surface area contributed by atoms with E-state index in [9.17, 15) is 9.90 Å². The first-order valence-electron chi connectivity index (χ1n) is 8.96. The van der Waals surface area contributed by atoms with Gasteiger partial charge in [0.1, 0.15) is 0 Å². The fraction of sp³-hybridized carbons (Fsp3) is 0.350. The lowest BCUT2D eigenvalue weighted by Crippen LogP contribution is -2.31. The quantitative estimate of drug-likeness (QED) is 0.728. The van der Waals surface area contributed by atoms with Crippen LogP contribution in [0.25, 0.3) is 0 Å². The Kier molecular flexibility index (Phi) is 6.14. The van der Waals surface area contributed by atoms with Gasteiger partial charge < -0.3 is 20.6 Å². The number of aliphatic hydroxyl groups is 1. The minimum atomic E-state index is -0.0705. The molecule has 1 aliphatic heterocycles. The molecule has 3 rings (SSSR count). The van der Waals surface area contributed by atoms with E-state index in [1.807, 2.05) is 30.3 Å². The maximum atomic E-state index is 13.2. The number of carbonyl (C=O) groups excluding carboxylic acids is 1. The second kappa shape index (κ2) is 8.54. The summed E-state index contributed by atoms with van der Waals surface area (Å²) in [5.74, 6) is -0.0705. The summed E-state index contributed by atoms with van der Waals surface area (Å²) in [5, 5.41) is 9.85. The first-order valence-corrected chi connectivity index (χ1v) is 9.34. The highest BCUT2D eigenvalue weighted by molar-refractivity contribution is 6.31. The number of halogens is 1. The van der Waals surface area contributed by atoms with Gasteiger partial charge in [-0.05, 0) is 56.1 Å². The highest BCUT2D eigenvalue weighted by Gasteiger charge is 2.30. The van der Waals surface area contributed by atoms with Crippen LogP contribution in [0.3, 0.4) is 0 Å². The van der Waals surface area contributed by atoms with E-state index in [1.54, 1.807) is 17.0 Å². The molecular formula is C20H24ClN3O2. The zero-order valence-electron chi connectivity index (χ0n) is 14.7. The van der Waals surface area contributed by atoms with Gasteiger partial charge in [0.25, 0.3) is 5.91 Å². The molecule has 0 spiro atoms. The number of unbranched alkanes of at least 4 members (excludes halogenated alkanes) is 1. The Morgan fingerprint density at radius 1 is 0.923 bits per heavy atom. The highest BCUT2D eigenvalue weighted by Crippen LogP contribution is 2.41. The molecule has 0 aromatic heterocycles. The minimum Gasteiger partial charge on any atom is -0.396 e. The summed E-state index contributed by atoms with van der Waals surface area (Å²) in [5.41, 5.74) is 8.92. The van der Waals surface area contributed by atoms with Crippen molar-refractivity contribution in [1.29, 1.82) is 0 Å². The molecule has 6 heteroatoms. The third-order valence-electron chi connectivity index (χ3n) is 4.57. The van der Waals surface area contributed by atoms with E-state index in [2.05, 4.69) is 4.90 Å². The van der Waals surface area contributed by atoms with E-state index < -0.39 is 0 Å². The summed E-state index contributed by atoms with van der Waals surface area (Å²) < 4.78 is 0. The van der Waals surface area contributed by atoms with Crippen molar-refractivity contribution in [1.82, 2.24) is 0 Å². The van der Waals surface area contributed by atoms with Crippen molar-refractivity contribution >= 4 is 34.6 Å². The van der Waals surface area contributed by atoms with Crippen LogP contribution in [0.1, 0.15) is 29.6 Å². The summed E-state index contributed by atoms with van der Waals surface area (Å²) in [6.07, 6.45) is 2.36. The molecule has 3 N–H and O–H groups in total. The molecule has 0 fully saturated rings. The monoisotopic (exact) mass is 373 g/mol. The lowest BCUT2D eigenvalue weighted by molar-refractivity contribution is 0.0986. The van der Waals surface area contributed by atoms with Crippen LogP contribution >= 0.6 is 11.6 Å². The van der Waals surface area contributed by atoms with Crippen LogP contribution in [0.5, 0.6) is 0 Å². The molecular weight excluding hydrogens is 350 g/mol. The van der Waals surface area contributed by atoms with E-state index in [-0.39, 0.29) is 12.5 Å². The van der Waals surface area contributed by atoms with Crippen LogP contribution in [-0.4, -0.2) is 37.3 Å². The molecule has 0 radical (unpaired) electrons. The summed E-state index contributed by atoms with van der Waals surface area (Å²) in [4.78, 5) is 17.2. The third kappa shape index (κ3) is 3.70. The Bertz CT molecular complexity index is 781. The van der Waals surface area contributed by atoms with Gasteiger partial charge in [-0.2, -0.15) is 0 Å². The number of hydrogen-bond acceptors (Lipinski definition) is 4. The van der Waals surface area contributed by atoms with Gasteiger partial charge in [0.05, 0.1) is 22.6 Å². The van der Waals surface area contributed by atoms with Crippen molar-refractivity contribution in [3.63, 3.8) is 0 Å². The number of amides is 1. The van der Waals surface area contributed by atoms with Crippen LogP contribution in [0.4, 0.5) is 17.1 Å². The second-order valence-electron chi connectivity index (χ2n) is 6.33. The average molecular weight is 374 g/mol. The zero-order valence-corrected chi connectivity index (χ0v) is 15.5. The largest absolute Gasteiger partial charge is 0.396 e. The Morgan fingerprint density at radius 3 is 2.31 bits per heavy atom. The number of aliphatic hydroxyl groups excluding tert-OH is 1. The number of carbonyl (C=O) groups is 1. The smallest absolute Gasteiger partial charge is 0.260 e. The van der Waals surface area contributed by atoms with Crippen molar-refractivity contribution in [2.24, 2.45) is 5.73 Å². The SMILES string of the molecule is NCCCCN1c2cc(Cl)ccc2C(=O)N(CCCO)c2ccccc21. The predicted octanol–water partition coefficient (Wildman–Crippen LogP) is 3.56. The van der Waals surface area contributed by atoms with Crippen molar-refractivity contribution in [2.75, 3.05) is 36.0 Å². The summed E-state index contributed by atoms with van der Waals surface area (Å²) in [6.45, 7) is 1.90. The van der Waals surface area contributed by atoms with Crippen LogP contribution in [-0.2, 0) is 0 Å². The molecule has 26 heavy (non-hydrogen) atoms. The molecule has 0 bridgehead atoms. The number of para-hydroxylation sites is 2. The summed E-state index contributed by atoms with van der Waals surface area (Å²) in [6, 6.07) is 13.3. The van der Waals surface area contributed by atoms with E-state index in [1.165, 1.54) is 0 Å². The molecule has 1 amide bonds. The van der Waals surface area contributed by atoms with Gasteiger partial charge in [-0.15, -0.1) is 0 Å². The van der Waals surface area contributed by atoms with Gasteiger partial charge in [-0.25, -0.2) is 0 Å². The number of nitrogens with zero attached hydrogens (tertiary/aromatic N) is 2. The Hall–Kier alpha value is -2.08. The average Bonchev–Trinajstić information content (AvgIpc) is 2.74. The highest BCUT2D eigenvalue weighted by atomic mass is 35.5. The normalized spacial score (nSPS) is 13.4. The van der Waals surface area contributed by atoms with Crippen LogP contribution in [0.2, 0.25) is 5.02 Å². The van der Waals surface area contributed by atoms with Gasteiger partial charge in [0.2, 0.25) is 0 Å². The number of hydrogen-bond donors (Lipinski definition) is 2. The zero-order chi connectivity index (χ0) is 18.5. The first kappa shape index (κ1) is 18.7. The Balaban J connectivity index is 2.13. The van der Waals surface area contributed by atoms with Crippen LogP contribution in [0, 0.1) is 0 Å². The molecule has 0 atom stereocenters.